The molecule has 4 aromatic carbocycles. The molecule has 4 heteroatoms. The first-order valence-electron chi connectivity index (χ1n) is 9.79. The van der Waals surface area contributed by atoms with Gasteiger partial charge in [0, 0.05) is 11.0 Å². The first kappa shape index (κ1) is 36.7. The molecular weight excluding hydrogens is 503 g/mol. The Bertz CT molecular complexity index is 741. The largest absolute Gasteiger partial charge is 3.00 e. The second-order valence-corrected chi connectivity index (χ2v) is 5.69. The molecule has 0 aliphatic heterocycles. The van der Waals surface area contributed by atoms with Crippen LogP contribution in [0.3, 0.4) is 0 Å². The average molecular weight is 538 g/mol. The molecule has 4 aromatic rings. The van der Waals surface area contributed by atoms with Crippen LogP contribution in [-0.2, 0) is 39.0 Å². The van der Waals surface area contributed by atoms with Crippen molar-refractivity contribution in [3.8, 4) is 0 Å². The maximum absolute atomic E-state index is 3.25. The molecule has 0 fully saturated rings. The van der Waals surface area contributed by atoms with Crippen LogP contribution in [0.15, 0.2) is 72.8 Å². The molecule has 5 radical (unpaired) electrons. The molecule has 0 aromatic heterocycles. The number of aryl methyl sites for hydroxylation is 2. The summed E-state index contributed by atoms with van der Waals surface area (Å²) in [5.74, 6) is 0. The number of hydrogen-bond donors (Lipinski definition) is 0. The molecule has 0 aliphatic carbocycles. The summed E-state index contributed by atoms with van der Waals surface area (Å²) in [6.45, 7) is 13.4. The number of hydrogen-bond acceptors (Lipinski definition) is 0. The van der Waals surface area contributed by atoms with Crippen molar-refractivity contribution in [1.29, 1.82) is 0 Å². The van der Waals surface area contributed by atoms with Crippen LogP contribution in [0, 0.1) is 6.92 Å². The monoisotopic (exact) mass is 535 g/mol. The molecule has 0 atom stereocenters. The summed E-state index contributed by atoms with van der Waals surface area (Å²) in [5, 5.41) is 5.46. The second-order valence-electron chi connectivity index (χ2n) is 5.69. The predicted molar refractivity (Wildman–Crippen MR) is 140 cm³/mol. The van der Waals surface area contributed by atoms with E-state index < -0.39 is 0 Å². The van der Waals surface area contributed by atoms with E-state index in [2.05, 4.69) is 93.6 Å². The van der Waals surface area contributed by atoms with Crippen LogP contribution in [0.4, 0.5) is 0 Å². The zero-order valence-corrected chi connectivity index (χ0v) is 24.0. The van der Waals surface area contributed by atoms with Crippen LogP contribution in [0.25, 0.3) is 21.5 Å². The van der Waals surface area contributed by atoms with Crippen LogP contribution >= 0.6 is 24.8 Å². The zero-order valence-electron chi connectivity index (χ0n) is 18.9. The molecule has 4 rings (SSSR count). The molecule has 0 saturated heterocycles. The van der Waals surface area contributed by atoms with Gasteiger partial charge in [0.25, 0.3) is 0 Å². The fourth-order valence-corrected chi connectivity index (χ4v) is 2.84. The average Bonchev–Trinajstić information content (AvgIpc) is 3.34. The Kier molecular flexibility index (Phi) is 26.4. The summed E-state index contributed by atoms with van der Waals surface area (Å²) in [6.07, 6.45) is 2.27. The molecule has 0 N–H and O–H groups in total. The maximum Gasteiger partial charge on any atom is 3.00 e. The van der Waals surface area contributed by atoms with E-state index in [1.54, 1.807) is 6.92 Å². The minimum absolute atomic E-state index is 0. The van der Waals surface area contributed by atoms with Crippen molar-refractivity contribution in [2.24, 2.45) is 0 Å². The van der Waals surface area contributed by atoms with Crippen molar-refractivity contribution < 1.29 is 26.2 Å². The molecule has 0 heterocycles. The van der Waals surface area contributed by atoms with Gasteiger partial charge in [-0.1, -0.05) is 39.8 Å². The molecule has 0 spiro atoms. The molecule has 161 valence electrons. The van der Waals surface area contributed by atoms with Crippen molar-refractivity contribution in [2.75, 3.05) is 0 Å². The van der Waals surface area contributed by atoms with Crippen molar-refractivity contribution in [3.63, 3.8) is 0 Å². The van der Waals surface area contributed by atoms with Gasteiger partial charge in [0.1, 0.15) is 0 Å². The molecular formula is C26H35Cl2SiZr. The van der Waals surface area contributed by atoms with Gasteiger partial charge >= 0.3 is 26.2 Å². The Morgan fingerprint density at radius 2 is 0.967 bits per heavy atom. The molecule has 0 bridgehead atoms. The predicted octanol–water partition coefficient (Wildman–Crippen LogP) is 8.57. The summed E-state index contributed by atoms with van der Waals surface area (Å²) in [4.78, 5) is 0. The number of halogens is 2. The van der Waals surface area contributed by atoms with Crippen LogP contribution in [0.2, 0.25) is 0 Å². The Morgan fingerprint density at radius 3 is 1.23 bits per heavy atom. The molecule has 0 amide bonds. The van der Waals surface area contributed by atoms with Gasteiger partial charge in [0.2, 0.25) is 0 Å². The number of rotatable bonds is 2. The van der Waals surface area contributed by atoms with E-state index >= 15 is 0 Å². The molecule has 0 aliphatic rings. The number of fused-ring (bicyclic) bond motifs is 2. The van der Waals surface area contributed by atoms with E-state index in [1.165, 1.54) is 32.7 Å². The summed E-state index contributed by atoms with van der Waals surface area (Å²) >= 11 is 0. The molecule has 0 nitrogen and oxygen atoms in total. The molecule has 30 heavy (non-hydrogen) atoms. The van der Waals surface area contributed by atoms with E-state index in [0.717, 1.165) is 12.8 Å². The Morgan fingerprint density at radius 1 is 0.667 bits per heavy atom. The summed E-state index contributed by atoms with van der Waals surface area (Å²) in [5.41, 5.74) is 2.87. The van der Waals surface area contributed by atoms with E-state index in [4.69, 9.17) is 0 Å². The van der Waals surface area contributed by atoms with E-state index in [0.29, 0.717) is 0 Å². The van der Waals surface area contributed by atoms with Gasteiger partial charge in [-0.2, -0.15) is 19.1 Å². The van der Waals surface area contributed by atoms with Crippen molar-refractivity contribution in [2.45, 2.75) is 47.5 Å². The smallest absolute Gasteiger partial charge is 0.346 e. The van der Waals surface area contributed by atoms with Crippen LogP contribution in [-0.4, -0.2) is 11.0 Å². The third kappa shape index (κ3) is 11.1. The standard InChI is InChI=1S/2C11H11.C2H6.C2H5.2ClH.Si.Zr/c2*1-2-9-7-10-5-3-4-6-11(10)8-9;2*1-2;;;;/h2*3-8H,2H2,1H3;1-2H3;1H2,2H3;2*1H;;/q2*-1;;-1;;;;+3. The van der Waals surface area contributed by atoms with E-state index in [9.17, 15) is 0 Å². The summed E-state index contributed by atoms with van der Waals surface area (Å²) in [7, 11) is 0. The minimum atomic E-state index is 0. The second kappa shape index (κ2) is 21.6. The van der Waals surface area contributed by atoms with Gasteiger partial charge < -0.3 is 6.92 Å². The Balaban J connectivity index is -0.000000173. The first-order chi connectivity index (χ1) is 12.8. The van der Waals surface area contributed by atoms with E-state index in [1.807, 2.05) is 13.8 Å². The van der Waals surface area contributed by atoms with Crippen molar-refractivity contribution in [1.82, 2.24) is 0 Å². The van der Waals surface area contributed by atoms with Crippen molar-refractivity contribution in [3.05, 3.63) is 90.8 Å². The van der Waals surface area contributed by atoms with Crippen LogP contribution in [0.1, 0.15) is 45.7 Å². The van der Waals surface area contributed by atoms with Crippen LogP contribution in [0.5, 0.6) is 0 Å². The summed E-state index contributed by atoms with van der Waals surface area (Å²) in [6, 6.07) is 26.0. The van der Waals surface area contributed by atoms with Gasteiger partial charge in [-0.25, -0.2) is 0 Å². The Hall–Kier alpha value is -0.660. The molecule has 0 saturated carbocycles. The molecule has 0 unspecified atom stereocenters. The zero-order chi connectivity index (χ0) is 19.4. The summed E-state index contributed by atoms with van der Waals surface area (Å²) < 4.78 is 0. The fourth-order valence-electron chi connectivity index (χ4n) is 2.84. The topological polar surface area (TPSA) is 0 Å². The quantitative estimate of drug-likeness (QED) is 0.177. The van der Waals surface area contributed by atoms with Crippen LogP contribution < -0.4 is 0 Å². The normalized spacial score (nSPS) is 8.20. The maximum atomic E-state index is 3.25. The van der Waals surface area contributed by atoms with Gasteiger partial charge in [-0.3, -0.25) is 0 Å². The third-order valence-corrected chi connectivity index (χ3v) is 4.17. The third-order valence-electron chi connectivity index (χ3n) is 4.17. The fraction of sp³-hybridized carbons (Fsp3) is 0.269. The minimum Gasteiger partial charge on any atom is -0.346 e. The van der Waals surface area contributed by atoms with Crippen molar-refractivity contribution >= 4 is 57.3 Å². The first-order valence-corrected chi connectivity index (χ1v) is 9.79. The SMILES string of the molecule is CC.CCc1cc2ccccc2[cH-]1.CCc1cc2ccccc2[cH-]1.Cl.Cl.[CH2-]C.[Si].[Zr+3]. The van der Waals surface area contributed by atoms with Gasteiger partial charge in [-0.05, 0) is 12.8 Å². The van der Waals surface area contributed by atoms with Gasteiger partial charge in [0.05, 0.1) is 0 Å². The number of benzene rings is 2. The van der Waals surface area contributed by atoms with Gasteiger partial charge in [0.15, 0.2) is 0 Å². The van der Waals surface area contributed by atoms with E-state index in [-0.39, 0.29) is 62.0 Å². The van der Waals surface area contributed by atoms with Gasteiger partial charge in [-0.15, -0.1) is 106 Å². The Labute approximate surface area is 220 Å².